The van der Waals surface area contributed by atoms with E-state index in [4.69, 9.17) is 11.5 Å². The molecule has 0 aliphatic rings. The van der Waals surface area contributed by atoms with Gasteiger partial charge in [0.05, 0.1) is 12.2 Å². The quantitative estimate of drug-likeness (QED) is 0.900. The van der Waals surface area contributed by atoms with Crippen molar-refractivity contribution in [2.24, 2.45) is 5.73 Å². The number of halogens is 2. The summed E-state index contributed by atoms with van der Waals surface area (Å²) in [5, 5.41) is 3.91. The van der Waals surface area contributed by atoms with Crippen molar-refractivity contribution in [1.82, 2.24) is 9.78 Å². The summed E-state index contributed by atoms with van der Waals surface area (Å²) in [5.74, 6) is -1.07. The lowest BCUT2D eigenvalue weighted by Gasteiger charge is -2.03. The van der Waals surface area contributed by atoms with Gasteiger partial charge in [0.25, 0.3) is 5.91 Å². The molecule has 0 radical (unpaired) electrons. The van der Waals surface area contributed by atoms with Crippen molar-refractivity contribution in [1.29, 1.82) is 0 Å². The van der Waals surface area contributed by atoms with Crippen molar-refractivity contribution >= 4 is 27.5 Å². The number of aromatic nitrogens is 2. The topological polar surface area (TPSA) is 86.9 Å². The lowest BCUT2D eigenvalue weighted by molar-refractivity contribution is 0.0995. The fraction of sp³-hybridized carbons (Fsp3) is 0.0909. The lowest BCUT2D eigenvalue weighted by Crippen LogP contribution is -2.14. The largest absolute Gasteiger partial charge is 0.396 e. The van der Waals surface area contributed by atoms with E-state index in [0.29, 0.717) is 10.0 Å². The van der Waals surface area contributed by atoms with E-state index in [1.807, 2.05) is 0 Å². The highest BCUT2D eigenvalue weighted by Gasteiger charge is 2.12. The molecule has 0 spiro atoms. The molecule has 0 saturated heterocycles. The van der Waals surface area contributed by atoms with Crippen molar-refractivity contribution in [3.63, 3.8) is 0 Å². The van der Waals surface area contributed by atoms with Gasteiger partial charge in [-0.15, -0.1) is 0 Å². The predicted molar refractivity (Wildman–Crippen MR) is 68.4 cm³/mol. The number of primary amides is 1. The molecule has 5 nitrogen and oxygen atoms in total. The summed E-state index contributed by atoms with van der Waals surface area (Å²) >= 11 is 3.17. The summed E-state index contributed by atoms with van der Waals surface area (Å²) in [7, 11) is 0. The Morgan fingerprint density at radius 1 is 1.50 bits per heavy atom. The van der Waals surface area contributed by atoms with Crippen LogP contribution in [0.3, 0.4) is 0 Å². The first-order chi connectivity index (χ1) is 8.47. The van der Waals surface area contributed by atoms with Crippen molar-refractivity contribution in [3.8, 4) is 0 Å². The van der Waals surface area contributed by atoms with Crippen LogP contribution in [0.25, 0.3) is 0 Å². The molecule has 1 amide bonds. The molecule has 18 heavy (non-hydrogen) atoms. The molecular weight excluding hydrogens is 303 g/mol. The van der Waals surface area contributed by atoms with Crippen LogP contribution in [-0.2, 0) is 6.54 Å². The van der Waals surface area contributed by atoms with E-state index < -0.39 is 5.91 Å². The van der Waals surface area contributed by atoms with Gasteiger partial charge in [-0.1, -0.05) is 22.0 Å². The maximum Gasteiger partial charge on any atom is 0.271 e. The number of nitrogens with zero attached hydrogens (tertiary/aromatic N) is 2. The second-order valence-corrected chi connectivity index (χ2v) is 4.65. The van der Waals surface area contributed by atoms with E-state index in [2.05, 4.69) is 21.0 Å². The van der Waals surface area contributed by atoms with Gasteiger partial charge in [0.15, 0.2) is 5.69 Å². The van der Waals surface area contributed by atoms with Crippen molar-refractivity contribution in [2.45, 2.75) is 6.54 Å². The van der Waals surface area contributed by atoms with Crippen LogP contribution >= 0.6 is 15.9 Å². The lowest BCUT2D eigenvalue weighted by atomic mass is 10.2. The summed E-state index contributed by atoms with van der Waals surface area (Å²) in [5.41, 5.74) is 11.3. The number of anilines is 1. The molecule has 0 unspecified atom stereocenters. The van der Waals surface area contributed by atoms with Gasteiger partial charge in [0.1, 0.15) is 5.82 Å². The summed E-state index contributed by atoms with van der Waals surface area (Å²) in [4.78, 5) is 11.0. The maximum atomic E-state index is 13.6. The second kappa shape index (κ2) is 4.77. The molecule has 1 heterocycles. The van der Waals surface area contributed by atoms with Gasteiger partial charge >= 0.3 is 0 Å². The highest BCUT2D eigenvalue weighted by molar-refractivity contribution is 9.10. The molecule has 2 rings (SSSR count). The van der Waals surface area contributed by atoms with Crippen LogP contribution in [0.5, 0.6) is 0 Å². The molecule has 0 aliphatic carbocycles. The third-order valence-corrected chi connectivity index (χ3v) is 2.86. The minimum Gasteiger partial charge on any atom is -0.396 e. The Labute approximate surface area is 111 Å². The van der Waals surface area contributed by atoms with Crippen molar-refractivity contribution in [3.05, 3.63) is 45.9 Å². The number of nitrogen functional groups attached to an aromatic ring is 1. The van der Waals surface area contributed by atoms with Crippen molar-refractivity contribution in [2.75, 3.05) is 5.73 Å². The van der Waals surface area contributed by atoms with Crippen LogP contribution < -0.4 is 11.5 Å². The highest BCUT2D eigenvalue weighted by Crippen LogP contribution is 2.17. The Morgan fingerprint density at radius 3 is 2.78 bits per heavy atom. The van der Waals surface area contributed by atoms with E-state index in [-0.39, 0.29) is 23.7 Å². The van der Waals surface area contributed by atoms with Gasteiger partial charge in [-0.05, 0) is 12.1 Å². The van der Waals surface area contributed by atoms with E-state index in [1.54, 1.807) is 12.1 Å². The fourth-order valence-corrected chi connectivity index (χ4v) is 1.87. The average Bonchev–Trinajstić information content (AvgIpc) is 2.64. The Balaban J connectivity index is 2.29. The molecule has 0 fully saturated rings. The molecule has 0 atom stereocenters. The van der Waals surface area contributed by atoms with Crippen LogP contribution in [0.2, 0.25) is 0 Å². The van der Waals surface area contributed by atoms with E-state index in [0.717, 1.165) is 0 Å². The molecular formula is C11H10BrFN4O. The molecule has 1 aromatic carbocycles. The molecule has 0 aliphatic heterocycles. The van der Waals surface area contributed by atoms with Gasteiger partial charge in [-0.2, -0.15) is 5.10 Å². The zero-order valence-corrected chi connectivity index (χ0v) is 10.8. The Kier molecular flexibility index (Phi) is 3.33. The van der Waals surface area contributed by atoms with Gasteiger partial charge in [0.2, 0.25) is 0 Å². The molecule has 1 aromatic heterocycles. The summed E-state index contributed by atoms with van der Waals surface area (Å²) < 4.78 is 15.6. The molecule has 2 aromatic rings. The number of hydrogen-bond acceptors (Lipinski definition) is 3. The molecule has 0 saturated carbocycles. The SMILES string of the molecule is NC(=O)c1nn(Cc2ccc(Br)cc2F)cc1N. The number of benzene rings is 1. The first kappa shape index (κ1) is 12.6. The monoisotopic (exact) mass is 312 g/mol. The van der Waals surface area contributed by atoms with Crippen LogP contribution in [0.15, 0.2) is 28.9 Å². The number of hydrogen-bond donors (Lipinski definition) is 2. The third-order valence-electron chi connectivity index (χ3n) is 2.37. The first-order valence-electron chi connectivity index (χ1n) is 5.04. The number of carbonyl (C=O) groups is 1. The molecule has 7 heteroatoms. The van der Waals surface area contributed by atoms with E-state index >= 15 is 0 Å². The molecule has 4 N–H and O–H groups in total. The minimum absolute atomic E-state index is 0.00693. The van der Waals surface area contributed by atoms with Crippen LogP contribution in [0.4, 0.5) is 10.1 Å². The Hall–Kier alpha value is -1.89. The third kappa shape index (κ3) is 2.51. The first-order valence-corrected chi connectivity index (χ1v) is 5.83. The number of amides is 1. The predicted octanol–water partition coefficient (Wildman–Crippen LogP) is 1.51. The van der Waals surface area contributed by atoms with Gasteiger partial charge in [0, 0.05) is 16.2 Å². The van der Waals surface area contributed by atoms with E-state index in [1.165, 1.54) is 16.9 Å². The number of nitrogens with two attached hydrogens (primary N) is 2. The number of rotatable bonds is 3. The van der Waals surface area contributed by atoms with Crippen LogP contribution in [-0.4, -0.2) is 15.7 Å². The van der Waals surface area contributed by atoms with Gasteiger partial charge in [-0.25, -0.2) is 4.39 Å². The molecule has 0 bridgehead atoms. The van der Waals surface area contributed by atoms with Gasteiger partial charge in [-0.3, -0.25) is 9.48 Å². The summed E-state index contributed by atoms with van der Waals surface area (Å²) in [6.45, 7) is 0.177. The Bertz CT molecular complexity index is 611. The van der Waals surface area contributed by atoms with Crippen molar-refractivity contribution < 1.29 is 9.18 Å². The average molecular weight is 313 g/mol. The summed E-state index contributed by atoms with van der Waals surface area (Å²) in [6, 6.07) is 4.71. The zero-order chi connectivity index (χ0) is 13.3. The summed E-state index contributed by atoms with van der Waals surface area (Å²) in [6.07, 6.45) is 1.45. The normalized spacial score (nSPS) is 10.6. The zero-order valence-electron chi connectivity index (χ0n) is 9.23. The van der Waals surface area contributed by atoms with E-state index in [9.17, 15) is 9.18 Å². The smallest absolute Gasteiger partial charge is 0.271 e. The Morgan fingerprint density at radius 2 is 2.22 bits per heavy atom. The van der Waals surface area contributed by atoms with Gasteiger partial charge < -0.3 is 11.5 Å². The fourth-order valence-electron chi connectivity index (χ4n) is 1.53. The van der Waals surface area contributed by atoms with Crippen LogP contribution in [0.1, 0.15) is 16.1 Å². The highest BCUT2D eigenvalue weighted by atomic mass is 79.9. The maximum absolute atomic E-state index is 13.6. The standard InChI is InChI=1S/C11H10BrFN4O/c12-7-2-1-6(8(13)3-7)4-17-5-9(14)10(16-17)11(15)18/h1-3,5H,4,14H2,(H2,15,18). The second-order valence-electron chi connectivity index (χ2n) is 3.73. The van der Waals surface area contributed by atoms with Crippen LogP contribution in [0, 0.1) is 5.82 Å². The minimum atomic E-state index is -0.706. The number of carbonyl (C=O) groups excluding carboxylic acids is 1. The molecule has 94 valence electrons.